The van der Waals surface area contributed by atoms with Crippen molar-refractivity contribution in [2.24, 2.45) is 15.9 Å². The Balaban J connectivity index is 1.21. The summed E-state index contributed by atoms with van der Waals surface area (Å²) >= 11 is 0. The van der Waals surface area contributed by atoms with Crippen LogP contribution in [0.1, 0.15) is 39.3 Å². The molecule has 3 aromatic rings. The third-order valence-electron chi connectivity index (χ3n) is 5.22. The number of amides is 3. The average Bonchev–Trinajstić information content (AvgIpc) is 3.45. The molecule has 35 heavy (non-hydrogen) atoms. The van der Waals surface area contributed by atoms with Gasteiger partial charge in [0.05, 0.1) is 35.8 Å². The highest BCUT2D eigenvalue weighted by Crippen LogP contribution is 2.26. The number of imide groups is 1. The molecular weight excluding hydrogens is 450 g/mol. The molecule has 3 N–H and O–H groups in total. The van der Waals surface area contributed by atoms with E-state index in [0.717, 1.165) is 4.90 Å². The number of nitrogens with one attached hydrogen (secondary N) is 1. The molecule has 12 heteroatoms. The van der Waals surface area contributed by atoms with Gasteiger partial charge in [-0.1, -0.05) is 23.4 Å². The van der Waals surface area contributed by atoms with Crippen molar-refractivity contribution in [3.8, 4) is 0 Å². The number of hydrogen-bond donors (Lipinski definition) is 2. The molecule has 12 nitrogen and oxygen atoms in total. The maximum atomic E-state index is 12.6. The van der Waals surface area contributed by atoms with E-state index in [4.69, 9.17) is 5.84 Å². The quantitative estimate of drug-likeness (QED) is 0.146. The molecule has 3 heterocycles. The number of aliphatic imine (C=N–C) groups is 1. The molecule has 0 unspecified atom stereocenters. The molecule has 3 amide bonds. The van der Waals surface area contributed by atoms with E-state index in [-0.39, 0.29) is 18.1 Å². The van der Waals surface area contributed by atoms with Crippen LogP contribution >= 0.6 is 0 Å². The Hall–Kier alpha value is -4.74. The standard InChI is InChI=1S/C23H23N9O3/c24-28-19(21(33)27-13-16-7-3-4-11-26-16)14-25-10-5-6-12-31-15-20(29-30-31)32-22(34)17-8-1-2-9-18(17)23(32)35/h1-4,7-9,11,14-15H,5-6,10,12-13,24H2,(H,27,33). The fourth-order valence-electron chi connectivity index (χ4n) is 3.44. The molecule has 1 aromatic carbocycles. The van der Waals surface area contributed by atoms with Gasteiger partial charge in [0.15, 0.2) is 11.5 Å². The fourth-order valence-corrected chi connectivity index (χ4v) is 3.44. The Kier molecular flexibility index (Phi) is 7.31. The van der Waals surface area contributed by atoms with Gasteiger partial charge in [0.2, 0.25) is 0 Å². The van der Waals surface area contributed by atoms with Crippen LogP contribution in [-0.2, 0) is 17.9 Å². The van der Waals surface area contributed by atoms with Crippen molar-refractivity contribution >= 4 is 35.5 Å². The first-order valence-electron chi connectivity index (χ1n) is 10.9. The Morgan fingerprint density at radius 1 is 1.06 bits per heavy atom. The van der Waals surface area contributed by atoms with Crippen molar-refractivity contribution in [2.45, 2.75) is 25.9 Å². The summed E-state index contributed by atoms with van der Waals surface area (Å²) in [6, 6.07) is 12.1. The van der Waals surface area contributed by atoms with Gasteiger partial charge < -0.3 is 11.2 Å². The van der Waals surface area contributed by atoms with Crippen LogP contribution in [0.4, 0.5) is 5.82 Å². The Morgan fingerprint density at radius 2 is 1.80 bits per heavy atom. The number of unbranched alkanes of at least 4 members (excludes halogenated alkanes) is 1. The highest BCUT2D eigenvalue weighted by Gasteiger charge is 2.37. The predicted octanol–water partition coefficient (Wildman–Crippen LogP) is 0.956. The van der Waals surface area contributed by atoms with Crippen LogP contribution in [0.5, 0.6) is 0 Å². The molecule has 0 atom stereocenters. The van der Waals surface area contributed by atoms with Crippen molar-refractivity contribution in [2.75, 3.05) is 11.4 Å². The second-order valence-corrected chi connectivity index (χ2v) is 7.59. The van der Waals surface area contributed by atoms with Gasteiger partial charge in [-0.15, -0.1) is 5.10 Å². The molecule has 2 aromatic heterocycles. The lowest BCUT2D eigenvalue weighted by Crippen LogP contribution is -2.32. The number of nitrogens with two attached hydrogens (primary N) is 1. The number of carbonyl (C=O) groups excluding carboxylic acids is 3. The lowest BCUT2D eigenvalue weighted by Gasteiger charge is -2.08. The number of aromatic nitrogens is 4. The molecule has 1 aliphatic heterocycles. The summed E-state index contributed by atoms with van der Waals surface area (Å²) < 4.78 is 1.57. The molecule has 0 saturated carbocycles. The highest BCUT2D eigenvalue weighted by molar-refractivity contribution is 6.60. The molecule has 1 aliphatic rings. The molecular formula is C23H23N9O3. The summed E-state index contributed by atoms with van der Waals surface area (Å²) in [5.41, 5.74) is 1.45. The van der Waals surface area contributed by atoms with Gasteiger partial charge in [-0.3, -0.25) is 29.0 Å². The van der Waals surface area contributed by atoms with Crippen LogP contribution in [-0.4, -0.2) is 56.2 Å². The summed E-state index contributed by atoms with van der Waals surface area (Å²) in [7, 11) is 0. The third kappa shape index (κ3) is 5.43. The number of hydrazone groups is 1. The van der Waals surface area contributed by atoms with Crippen LogP contribution in [0, 0.1) is 0 Å². The number of benzene rings is 1. The van der Waals surface area contributed by atoms with E-state index >= 15 is 0 Å². The number of pyridine rings is 1. The molecule has 0 radical (unpaired) electrons. The zero-order chi connectivity index (χ0) is 24.6. The van der Waals surface area contributed by atoms with Gasteiger partial charge in [-0.2, -0.15) is 5.10 Å². The Morgan fingerprint density at radius 3 is 2.49 bits per heavy atom. The smallest absolute Gasteiger partial charge is 0.273 e. The number of anilines is 1. The molecule has 4 rings (SSSR count). The lowest BCUT2D eigenvalue weighted by atomic mass is 10.1. The second kappa shape index (κ2) is 10.9. The summed E-state index contributed by atoms with van der Waals surface area (Å²) in [4.78, 5) is 46.6. The molecule has 0 saturated heterocycles. The van der Waals surface area contributed by atoms with Crippen LogP contribution in [0.3, 0.4) is 0 Å². The average molecular weight is 473 g/mol. The van der Waals surface area contributed by atoms with Gasteiger partial charge in [0.1, 0.15) is 0 Å². The normalized spacial score (nSPS) is 13.5. The Labute approximate surface area is 200 Å². The van der Waals surface area contributed by atoms with Crippen molar-refractivity contribution in [1.29, 1.82) is 0 Å². The van der Waals surface area contributed by atoms with Crippen LogP contribution in [0.2, 0.25) is 0 Å². The lowest BCUT2D eigenvalue weighted by molar-refractivity contribution is -0.114. The molecule has 178 valence electrons. The van der Waals surface area contributed by atoms with E-state index in [2.05, 4.69) is 30.7 Å². The van der Waals surface area contributed by atoms with E-state index in [0.29, 0.717) is 42.8 Å². The van der Waals surface area contributed by atoms with Crippen molar-refractivity contribution in [1.82, 2.24) is 25.3 Å². The van der Waals surface area contributed by atoms with Crippen LogP contribution in [0.25, 0.3) is 0 Å². The van der Waals surface area contributed by atoms with Crippen LogP contribution < -0.4 is 16.1 Å². The third-order valence-corrected chi connectivity index (χ3v) is 5.22. The number of carbonyl (C=O) groups is 3. The minimum atomic E-state index is -0.440. The maximum absolute atomic E-state index is 12.6. The van der Waals surface area contributed by atoms with E-state index in [1.165, 1.54) is 6.21 Å². The van der Waals surface area contributed by atoms with Gasteiger partial charge in [-0.05, 0) is 37.1 Å². The summed E-state index contributed by atoms with van der Waals surface area (Å²) in [5.74, 6) is 4.24. The van der Waals surface area contributed by atoms with Gasteiger partial charge in [0, 0.05) is 19.3 Å². The fraction of sp³-hybridized carbons (Fsp3) is 0.217. The van der Waals surface area contributed by atoms with Crippen LogP contribution in [0.15, 0.2) is 65.0 Å². The largest absolute Gasteiger partial charge is 0.345 e. The van der Waals surface area contributed by atoms with E-state index in [9.17, 15) is 14.4 Å². The first kappa shape index (κ1) is 23.4. The highest BCUT2D eigenvalue weighted by atomic mass is 16.2. The zero-order valence-corrected chi connectivity index (χ0v) is 18.7. The minimum Gasteiger partial charge on any atom is -0.345 e. The first-order chi connectivity index (χ1) is 17.1. The second-order valence-electron chi connectivity index (χ2n) is 7.59. The van der Waals surface area contributed by atoms with Gasteiger partial charge in [-0.25, -0.2) is 4.90 Å². The minimum absolute atomic E-state index is 0.0165. The summed E-state index contributed by atoms with van der Waals surface area (Å²) in [6.07, 6.45) is 5.96. The molecule has 0 aliphatic carbocycles. The number of aryl methyl sites for hydroxylation is 1. The zero-order valence-electron chi connectivity index (χ0n) is 18.7. The van der Waals surface area contributed by atoms with E-state index in [1.54, 1.807) is 53.5 Å². The van der Waals surface area contributed by atoms with E-state index < -0.39 is 17.7 Å². The van der Waals surface area contributed by atoms with Crippen molar-refractivity contribution < 1.29 is 14.4 Å². The van der Waals surface area contributed by atoms with Gasteiger partial charge >= 0.3 is 0 Å². The SMILES string of the molecule is NN=C(C=NCCCCn1cc(N2C(=O)c3ccccc3C2=O)nn1)C(=O)NCc1ccccn1. The Bertz CT molecular complexity index is 1250. The van der Waals surface area contributed by atoms with E-state index in [1.807, 2.05) is 6.07 Å². The number of nitrogens with zero attached hydrogens (tertiary/aromatic N) is 7. The van der Waals surface area contributed by atoms with Crippen molar-refractivity contribution in [3.05, 3.63) is 71.7 Å². The maximum Gasteiger partial charge on any atom is 0.273 e. The molecule has 0 bridgehead atoms. The monoisotopic (exact) mass is 473 g/mol. The molecule has 0 spiro atoms. The number of fused-ring (bicyclic) bond motifs is 1. The molecule has 0 fully saturated rings. The number of rotatable bonds is 10. The van der Waals surface area contributed by atoms with Gasteiger partial charge in [0.25, 0.3) is 17.7 Å². The predicted molar refractivity (Wildman–Crippen MR) is 128 cm³/mol. The summed E-state index contributed by atoms with van der Waals surface area (Å²) in [6.45, 7) is 1.23. The van der Waals surface area contributed by atoms with Crippen molar-refractivity contribution in [3.63, 3.8) is 0 Å². The topological polar surface area (TPSA) is 161 Å². The number of hydrogen-bond acceptors (Lipinski definition) is 9. The first-order valence-corrected chi connectivity index (χ1v) is 10.9. The summed E-state index contributed by atoms with van der Waals surface area (Å²) in [5, 5.41) is 14.2.